The van der Waals surface area contributed by atoms with E-state index in [2.05, 4.69) is 10.2 Å². The third-order valence-electron chi connectivity index (χ3n) is 3.52. The van der Waals surface area contributed by atoms with E-state index in [1.807, 2.05) is 0 Å². The summed E-state index contributed by atoms with van der Waals surface area (Å²) >= 11 is 5.83. The van der Waals surface area contributed by atoms with Crippen LogP contribution >= 0.6 is 11.6 Å². The Kier molecular flexibility index (Phi) is 2.97. The Labute approximate surface area is 106 Å². The first-order valence-corrected chi connectivity index (χ1v) is 6.55. The van der Waals surface area contributed by atoms with E-state index in [4.69, 9.17) is 11.6 Å². The normalized spacial score (nSPS) is 25.2. The van der Waals surface area contributed by atoms with Crippen molar-refractivity contribution in [1.82, 2.24) is 4.90 Å². The van der Waals surface area contributed by atoms with Crippen molar-refractivity contribution in [2.75, 3.05) is 18.4 Å². The smallest absolute Gasteiger partial charge is 0.126 e. The largest absolute Gasteiger partial charge is 0.381 e. The maximum Gasteiger partial charge on any atom is 0.126 e. The molecule has 1 aliphatic heterocycles. The lowest BCUT2D eigenvalue weighted by molar-refractivity contribution is 0.326. The van der Waals surface area contributed by atoms with Crippen LogP contribution in [0.4, 0.5) is 10.1 Å². The fourth-order valence-electron chi connectivity index (χ4n) is 2.55. The maximum atomic E-state index is 13.2. The van der Waals surface area contributed by atoms with Gasteiger partial charge in [-0.25, -0.2) is 4.39 Å². The van der Waals surface area contributed by atoms with Gasteiger partial charge in [-0.1, -0.05) is 11.6 Å². The molecule has 2 nitrogen and oxygen atoms in total. The molecule has 4 heteroatoms. The number of benzene rings is 1. The van der Waals surface area contributed by atoms with Crippen LogP contribution in [0.25, 0.3) is 0 Å². The van der Waals surface area contributed by atoms with Crippen LogP contribution in [0.1, 0.15) is 19.3 Å². The van der Waals surface area contributed by atoms with Crippen LogP contribution in [0.5, 0.6) is 0 Å². The van der Waals surface area contributed by atoms with E-state index in [-0.39, 0.29) is 5.82 Å². The van der Waals surface area contributed by atoms with Crippen molar-refractivity contribution in [2.45, 2.75) is 31.3 Å². The van der Waals surface area contributed by atoms with E-state index < -0.39 is 0 Å². The summed E-state index contributed by atoms with van der Waals surface area (Å²) in [4.78, 5) is 2.53. The van der Waals surface area contributed by atoms with Crippen LogP contribution in [0.3, 0.4) is 0 Å². The van der Waals surface area contributed by atoms with Gasteiger partial charge >= 0.3 is 0 Å². The minimum absolute atomic E-state index is 0.281. The molecule has 1 unspecified atom stereocenters. The van der Waals surface area contributed by atoms with E-state index in [1.165, 1.54) is 25.0 Å². The summed E-state index contributed by atoms with van der Waals surface area (Å²) in [6.45, 7) is 2.23. The summed E-state index contributed by atoms with van der Waals surface area (Å²) in [6.07, 6.45) is 3.82. The molecule has 1 aromatic rings. The van der Waals surface area contributed by atoms with Gasteiger partial charge < -0.3 is 5.32 Å². The van der Waals surface area contributed by atoms with Crippen molar-refractivity contribution in [3.63, 3.8) is 0 Å². The first kappa shape index (κ1) is 11.3. The van der Waals surface area contributed by atoms with Gasteiger partial charge in [0.2, 0.25) is 0 Å². The van der Waals surface area contributed by atoms with Gasteiger partial charge in [-0.15, -0.1) is 0 Å². The van der Waals surface area contributed by atoms with E-state index in [1.54, 1.807) is 6.07 Å². The van der Waals surface area contributed by atoms with E-state index in [9.17, 15) is 4.39 Å². The molecule has 92 valence electrons. The Hall–Kier alpha value is -0.800. The van der Waals surface area contributed by atoms with Crippen molar-refractivity contribution in [1.29, 1.82) is 0 Å². The summed E-state index contributed by atoms with van der Waals surface area (Å²) in [5.74, 6) is -0.281. The molecule has 0 aromatic heterocycles. The van der Waals surface area contributed by atoms with Crippen molar-refractivity contribution in [3.8, 4) is 0 Å². The SMILES string of the molecule is Fc1cc(Cl)cc(NC2CCN(C3CC3)C2)c1. The van der Waals surface area contributed by atoms with Gasteiger partial charge in [-0.2, -0.15) is 0 Å². The van der Waals surface area contributed by atoms with Crippen LogP contribution in [0, 0.1) is 5.82 Å². The molecular weight excluding hydrogens is 239 g/mol. The molecule has 1 saturated heterocycles. The number of hydrogen-bond donors (Lipinski definition) is 1. The number of anilines is 1. The molecule has 2 aliphatic rings. The standard InChI is InChI=1S/C13H16ClFN2/c14-9-5-10(15)7-12(6-9)16-11-3-4-17(8-11)13-1-2-13/h5-7,11,13,16H,1-4,8H2. The molecule has 2 fully saturated rings. The minimum Gasteiger partial charge on any atom is -0.381 e. The fourth-order valence-corrected chi connectivity index (χ4v) is 2.77. The van der Waals surface area contributed by atoms with Crippen molar-refractivity contribution >= 4 is 17.3 Å². The van der Waals surface area contributed by atoms with Gasteiger partial charge in [0, 0.05) is 35.9 Å². The van der Waals surface area contributed by atoms with Gasteiger partial charge in [0.15, 0.2) is 0 Å². The molecule has 0 bridgehead atoms. The lowest BCUT2D eigenvalue weighted by Gasteiger charge is -2.16. The van der Waals surface area contributed by atoms with Gasteiger partial charge in [-0.05, 0) is 37.5 Å². The molecule has 0 spiro atoms. The highest BCUT2D eigenvalue weighted by atomic mass is 35.5. The van der Waals surface area contributed by atoms with E-state index in [0.29, 0.717) is 11.1 Å². The van der Waals surface area contributed by atoms with E-state index >= 15 is 0 Å². The van der Waals surface area contributed by atoms with Crippen LogP contribution < -0.4 is 5.32 Å². The zero-order valence-electron chi connectivity index (χ0n) is 9.63. The Morgan fingerprint density at radius 1 is 1.24 bits per heavy atom. The van der Waals surface area contributed by atoms with Crippen molar-refractivity contribution < 1.29 is 4.39 Å². The summed E-state index contributed by atoms with van der Waals surface area (Å²) < 4.78 is 13.2. The molecule has 1 aromatic carbocycles. The maximum absolute atomic E-state index is 13.2. The van der Waals surface area contributed by atoms with Gasteiger partial charge in [0.25, 0.3) is 0 Å². The van der Waals surface area contributed by atoms with Gasteiger partial charge in [0.05, 0.1) is 0 Å². The third-order valence-corrected chi connectivity index (χ3v) is 3.73. The quantitative estimate of drug-likeness (QED) is 0.892. The molecule has 0 amide bonds. The number of likely N-dealkylation sites (tertiary alicyclic amines) is 1. The number of halogens is 2. The molecule has 1 saturated carbocycles. The molecule has 17 heavy (non-hydrogen) atoms. The number of rotatable bonds is 3. The summed E-state index contributed by atoms with van der Waals surface area (Å²) in [5, 5.41) is 3.82. The topological polar surface area (TPSA) is 15.3 Å². The third kappa shape index (κ3) is 2.72. The fraction of sp³-hybridized carbons (Fsp3) is 0.538. The summed E-state index contributed by atoms with van der Waals surface area (Å²) in [5.41, 5.74) is 0.789. The average molecular weight is 255 g/mol. The molecule has 1 heterocycles. The molecule has 1 atom stereocenters. The van der Waals surface area contributed by atoms with Gasteiger partial charge in [-0.3, -0.25) is 4.90 Å². The predicted molar refractivity (Wildman–Crippen MR) is 68.0 cm³/mol. The average Bonchev–Trinajstić information content (AvgIpc) is 2.99. The first-order valence-electron chi connectivity index (χ1n) is 6.17. The van der Waals surface area contributed by atoms with Crippen LogP contribution in [0.2, 0.25) is 5.02 Å². The van der Waals surface area contributed by atoms with Gasteiger partial charge in [0.1, 0.15) is 5.82 Å². The van der Waals surface area contributed by atoms with Crippen LogP contribution in [-0.2, 0) is 0 Å². The molecular formula is C13H16ClFN2. The molecule has 1 aliphatic carbocycles. The minimum atomic E-state index is -0.281. The molecule has 0 radical (unpaired) electrons. The highest BCUT2D eigenvalue weighted by molar-refractivity contribution is 6.30. The Bertz CT molecular complexity index is 400. The Balaban J connectivity index is 1.62. The summed E-state index contributed by atoms with van der Waals surface area (Å²) in [6, 6.07) is 5.86. The zero-order valence-corrected chi connectivity index (χ0v) is 10.4. The molecule has 3 rings (SSSR count). The van der Waals surface area contributed by atoms with Crippen LogP contribution in [0.15, 0.2) is 18.2 Å². The summed E-state index contributed by atoms with van der Waals surface area (Å²) in [7, 11) is 0. The van der Waals surface area contributed by atoms with Crippen molar-refractivity contribution in [3.05, 3.63) is 29.0 Å². The second kappa shape index (κ2) is 4.46. The zero-order chi connectivity index (χ0) is 11.8. The Morgan fingerprint density at radius 2 is 2.06 bits per heavy atom. The molecule has 1 N–H and O–H groups in total. The lowest BCUT2D eigenvalue weighted by atomic mass is 10.2. The number of nitrogens with one attached hydrogen (secondary N) is 1. The number of hydrogen-bond acceptors (Lipinski definition) is 2. The monoisotopic (exact) mass is 254 g/mol. The van der Waals surface area contributed by atoms with E-state index in [0.717, 1.165) is 31.2 Å². The highest BCUT2D eigenvalue weighted by Crippen LogP contribution is 2.30. The van der Waals surface area contributed by atoms with Crippen LogP contribution in [-0.4, -0.2) is 30.1 Å². The second-order valence-electron chi connectivity index (χ2n) is 5.01. The highest BCUT2D eigenvalue weighted by Gasteiger charge is 2.34. The lowest BCUT2D eigenvalue weighted by Crippen LogP contribution is -2.27. The Morgan fingerprint density at radius 3 is 2.76 bits per heavy atom. The second-order valence-corrected chi connectivity index (χ2v) is 5.45. The predicted octanol–water partition coefficient (Wildman–Crippen LogP) is 3.13. The first-order chi connectivity index (χ1) is 8.20. The number of nitrogens with zero attached hydrogens (tertiary/aromatic N) is 1. The van der Waals surface area contributed by atoms with Crippen molar-refractivity contribution in [2.24, 2.45) is 0 Å².